The van der Waals surface area contributed by atoms with Crippen LogP contribution in [0.4, 0.5) is 5.69 Å². The summed E-state index contributed by atoms with van der Waals surface area (Å²) in [7, 11) is -2.00. The van der Waals surface area contributed by atoms with Gasteiger partial charge in [-0.3, -0.25) is 9.59 Å². The molecule has 3 aromatic rings. The molecular formula is C26H26Cl2N2O7S2. The molecule has 2 aromatic carbocycles. The summed E-state index contributed by atoms with van der Waals surface area (Å²) in [5, 5.41) is 0.651. The third-order valence-corrected chi connectivity index (χ3v) is 9.34. The Bertz CT molecular complexity index is 1460. The summed E-state index contributed by atoms with van der Waals surface area (Å²) >= 11 is 12.8. The number of rotatable bonds is 12. The molecule has 0 aliphatic carbocycles. The first kappa shape index (κ1) is 29.2. The van der Waals surface area contributed by atoms with Crippen LogP contribution in [0.25, 0.3) is 10.4 Å². The van der Waals surface area contributed by atoms with E-state index in [0.29, 0.717) is 33.6 Å². The van der Waals surface area contributed by atoms with Gasteiger partial charge < -0.3 is 19.1 Å². The van der Waals surface area contributed by atoms with Crippen LogP contribution in [-0.4, -0.2) is 58.2 Å². The molecule has 1 aliphatic heterocycles. The number of amides is 1. The quantitative estimate of drug-likeness (QED) is 0.231. The minimum absolute atomic E-state index is 0.108. The zero-order valence-electron chi connectivity index (χ0n) is 21.1. The van der Waals surface area contributed by atoms with E-state index in [4.69, 9.17) is 37.6 Å². The molecule has 1 amide bonds. The Kier molecular flexibility index (Phi) is 9.39. The number of benzene rings is 2. The molecule has 0 saturated carbocycles. The summed E-state index contributed by atoms with van der Waals surface area (Å²) in [6.07, 6.45) is -1.05. The number of carbonyl (C=O) groups is 2. The standard InChI is InChI=1S/C26H26Cl2N2O7S2/c1-3-39(33,34)15-20(37-24(31)12-29-28)14-36-21-9-8-19(11-22(21)35-2)30-13-17-10-23(38-25(17)26(30)32)16-4-6-18(27)7-5-16/h4-11,20,29H,3,12-15H2,1-2H3/t20-/m0/s1. The molecule has 2 heterocycles. The monoisotopic (exact) mass is 612 g/mol. The smallest absolute Gasteiger partial charge is 0.321 e. The van der Waals surface area contributed by atoms with Crippen LogP contribution in [0, 0.1) is 0 Å². The average Bonchev–Trinajstić information content (AvgIpc) is 3.46. The van der Waals surface area contributed by atoms with Crippen LogP contribution in [-0.2, 0) is 25.9 Å². The van der Waals surface area contributed by atoms with Crippen molar-refractivity contribution in [2.75, 3.05) is 36.7 Å². The first-order chi connectivity index (χ1) is 18.6. The Balaban J connectivity index is 1.47. The minimum Gasteiger partial charge on any atom is -0.493 e. The van der Waals surface area contributed by atoms with Gasteiger partial charge in [0.1, 0.15) is 19.3 Å². The van der Waals surface area contributed by atoms with Gasteiger partial charge >= 0.3 is 5.97 Å². The lowest BCUT2D eigenvalue weighted by Crippen LogP contribution is -2.35. The predicted octanol–water partition coefficient (Wildman–Crippen LogP) is 4.71. The number of methoxy groups -OCH3 is 1. The highest BCUT2D eigenvalue weighted by Gasteiger charge is 2.32. The maximum atomic E-state index is 13.2. The number of carbonyl (C=O) groups excluding carboxylic acids is 2. The molecule has 39 heavy (non-hydrogen) atoms. The van der Waals surface area contributed by atoms with Crippen LogP contribution in [0.15, 0.2) is 48.5 Å². The molecule has 0 spiro atoms. The number of hydrogen-bond donors (Lipinski definition) is 1. The Hall–Kier alpha value is -2.83. The van der Waals surface area contributed by atoms with Gasteiger partial charge in [0, 0.05) is 27.4 Å². The van der Waals surface area contributed by atoms with Crippen LogP contribution < -0.4 is 19.2 Å². The molecule has 0 fully saturated rings. The Labute approximate surface area is 240 Å². The highest BCUT2D eigenvalue weighted by molar-refractivity contribution is 7.91. The van der Waals surface area contributed by atoms with Gasteiger partial charge in [-0.05, 0) is 53.2 Å². The summed E-state index contributed by atoms with van der Waals surface area (Å²) in [5.41, 5.74) is 2.55. The van der Waals surface area contributed by atoms with Crippen LogP contribution in [0.1, 0.15) is 22.2 Å². The SMILES string of the molecule is CCS(=O)(=O)C[C@H](COc1ccc(N2Cc3cc(-c4ccc(Cl)cc4)sc3C2=O)cc1OC)OC(=O)CNCl. The van der Waals surface area contributed by atoms with Gasteiger partial charge in [-0.2, -0.15) is 0 Å². The van der Waals surface area contributed by atoms with Crippen LogP contribution in [0.5, 0.6) is 11.5 Å². The lowest BCUT2D eigenvalue weighted by atomic mass is 10.1. The summed E-state index contributed by atoms with van der Waals surface area (Å²) in [6, 6.07) is 14.5. The van der Waals surface area contributed by atoms with E-state index in [2.05, 4.69) is 4.84 Å². The normalized spacial score (nSPS) is 13.7. The number of hydrogen-bond acceptors (Lipinski definition) is 9. The second-order valence-electron chi connectivity index (χ2n) is 8.63. The fourth-order valence-electron chi connectivity index (χ4n) is 3.98. The van der Waals surface area contributed by atoms with Gasteiger partial charge in [0.05, 0.1) is 24.3 Å². The minimum atomic E-state index is -3.46. The second kappa shape index (κ2) is 12.6. The highest BCUT2D eigenvalue weighted by Crippen LogP contribution is 2.40. The molecule has 9 nitrogen and oxygen atoms in total. The van der Waals surface area contributed by atoms with E-state index in [1.807, 2.05) is 30.3 Å². The largest absolute Gasteiger partial charge is 0.493 e. The van der Waals surface area contributed by atoms with Gasteiger partial charge in [0.15, 0.2) is 21.3 Å². The van der Waals surface area contributed by atoms with E-state index in [0.717, 1.165) is 16.0 Å². The van der Waals surface area contributed by atoms with Crippen molar-refractivity contribution in [2.45, 2.75) is 19.6 Å². The lowest BCUT2D eigenvalue weighted by Gasteiger charge is -2.21. The topological polar surface area (TPSA) is 111 Å². The van der Waals surface area contributed by atoms with Crippen molar-refractivity contribution < 1.29 is 32.2 Å². The number of ether oxygens (including phenoxy) is 3. The molecule has 0 bridgehead atoms. The second-order valence-corrected chi connectivity index (χ2v) is 12.8. The highest BCUT2D eigenvalue weighted by atomic mass is 35.5. The Morgan fingerprint density at radius 3 is 2.54 bits per heavy atom. The Morgan fingerprint density at radius 1 is 1.15 bits per heavy atom. The van der Waals surface area contributed by atoms with Gasteiger partial charge in [-0.25, -0.2) is 13.3 Å². The van der Waals surface area contributed by atoms with E-state index >= 15 is 0 Å². The van der Waals surface area contributed by atoms with Crippen molar-refractivity contribution in [1.29, 1.82) is 0 Å². The summed E-state index contributed by atoms with van der Waals surface area (Å²) < 4.78 is 40.8. The van der Waals surface area contributed by atoms with Gasteiger partial charge in [0.2, 0.25) is 0 Å². The van der Waals surface area contributed by atoms with Gasteiger partial charge in [-0.15, -0.1) is 11.3 Å². The van der Waals surface area contributed by atoms with E-state index in [1.54, 1.807) is 23.1 Å². The number of thiophene rings is 1. The maximum absolute atomic E-state index is 13.2. The first-order valence-corrected chi connectivity index (χ1v) is 15.3. The predicted molar refractivity (Wildman–Crippen MR) is 152 cm³/mol. The molecule has 0 saturated heterocycles. The lowest BCUT2D eigenvalue weighted by molar-refractivity contribution is -0.147. The van der Waals surface area contributed by atoms with E-state index < -0.39 is 27.7 Å². The van der Waals surface area contributed by atoms with E-state index in [-0.39, 0.29) is 24.8 Å². The third-order valence-electron chi connectivity index (χ3n) is 5.98. The molecule has 13 heteroatoms. The molecule has 208 valence electrons. The molecule has 4 rings (SSSR count). The number of esters is 1. The summed E-state index contributed by atoms with van der Waals surface area (Å²) in [6.45, 7) is 1.40. The molecule has 0 radical (unpaired) electrons. The number of fused-ring (bicyclic) bond motifs is 1. The molecular weight excluding hydrogens is 587 g/mol. The number of sulfone groups is 1. The molecule has 1 aliphatic rings. The Morgan fingerprint density at radius 2 is 1.90 bits per heavy atom. The van der Waals surface area contributed by atoms with Crippen LogP contribution in [0.2, 0.25) is 5.02 Å². The molecule has 1 aromatic heterocycles. The number of nitrogens with one attached hydrogen (secondary N) is 1. The maximum Gasteiger partial charge on any atom is 0.321 e. The summed E-state index contributed by atoms with van der Waals surface area (Å²) in [4.78, 5) is 30.6. The van der Waals surface area contributed by atoms with Gasteiger partial charge in [0.25, 0.3) is 5.91 Å². The number of nitrogens with zero attached hydrogens (tertiary/aromatic N) is 1. The molecule has 0 unspecified atom stereocenters. The van der Waals surface area contributed by atoms with E-state index in [1.165, 1.54) is 25.4 Å². The summed E-state index contributed by atoms with van der Waals surface area (Å²) in [5.74, 6) is -0.701. The van der Waals surface area contributed by atoms with Crippen LogP contribution >= 0.6 is 34.7 Å². The van der Waals surface area contributed by atoms with Crippen molar-refractivity contribution in [2.24, 2.45) is 0 Å². The molecule has 1 atom stereocenters. The number of anilines is 1. The zero-order chi connectivity index (χ0) is 28.2. The van der Waals surface area contributed by atoms with Crippen molar-refractivity contribution in [3.63, 3.8) is 0 Å². The number of halogens is 2. The third kappa shape index (κ3) is 7.03. The average molecular weight is 614 g/mol. The van der Waals surface area contributed by atoms with Crippen molar-refractivity contribution >= 4 is 62.1 Å². The fraction of sp³-hybridized carbons (Fsp3) is 0.308. The van der Waals surface area contributed by atoms with Crippen molar-refractivity contribution in [1.82, 2.24) is 4.84 Å². The van der Waals surface area contributed by atoms with E-state index in [9.17, 15) is 18.0 Å². The van der Waals surface area contributed by atoms with Gasteiger partial charge in [-0.1, -0.05) is 30.7 Å². The van der Waals surface area contributed by atoms with Crippen molar-refractivity contribution in [3.05, 3.63) is 64.0 Å². The molecule has 1 N–H and O–H groups in total. The fourth-order valence-corrected chi connectivity index (χ4v) is 6.31. The van der Waals surface area contributed by atoms with Crippen LogP contribution in [0.3, 0.4) is 0 Å². The van der Waals surface area contributed by atoms with Crippen molar-refractivity contribution in [3.8, 4) is 21.9 Å². The zero-order valence-corrected chi connectivity index (χ0v) is 24.3. The first-order valence-electron chi connectivity index (χ1n) is 11.9.